The molecule has 0 saturated heterocycles. The molecule has 122 valence electrons. The van der Waals surface area contributed by atoms with Gasteiger partial charge in [-0.15, -0.1) is 10.2 Å². The molecule has 3 aromatic rings. The van der Waals surface area contributed by atoms with Crippen molar-refractivity contribution in [3.8, 4) is 0 Å². The summed E-state index contributed by atoms with van der Waals surface area (Å²) < 4.78 is 14.9. The average Bonchev–Trinajstić information content (AvgIpc) is 2.87. The molecule has 8 heteroatoms. The Balaban J connectivity index is 2.09. The van der Waals surface area contributed by atoms with Crippen molar-refractivity contribution < 1.29 is 14.3 Å². The van der Waals surface area contributed by atoms with E-state index < -0.39 is 11.8 Å². The number of azo groups is 1. The molecule has 2 aromatic heterocycles. The van der Waals surface area contributed by atoms with E-state index in [0.717, 1.165) is 5.56 Å². The Hall–Kier alpha value is -2.80. The molecule has 1 aromatic carbocycles. The van der Waals surface area contributed by atoms with Crippen molar-refractivity contribution in [2.24, 2.45) is 10.2 Å². The number of hydrogen-bond acceptors (Lipinski definition) is 4. The van der Waals surface area contributed by atoms with Crippen LogP contribution in [-0.4, -0.2) is 20.5 Å². The molecular weight excluding hydrogens is 335 g/mol. The number of imidazole rings is 1. The number of pyridine rings is 1. The molecule has 0 amide bonds. The summed E-state index contributed by atoms with van der Waals surface area (Å²) in [4.78, 5) is 15.4. The highest BCUT2D eigenvalue weighted by Gasteiger charge is 2.16. The number of carbonyl (C=O) groups is 1. The lowest BCUT2D eigenvalue weighted by atomic mass is 10.3. The highest BCUT2D eigenvalue weighted by molar-refractivity contribution is 6.30. The van der Waals surface area contributed by atoms with Gasteiger partial charge in [0.05, 0.1) is 22.8 Å². The first-order valence-electron chi connectivity index (χ1n) is 7.01. The first-order valence-corrected chi connectivity index (χ1v) is 7.38. The van der Waals surface area contributed by atoms with Gasteiger partial charge in [0.1, 0.15) is 11.5 Å². The molecule has 0 fully saturated rings. The molecule has 0 radical (unpaired) electrons. The highest BCUT2D eigenvalue weighted by atomic mass is 35.5. The summed E-state index contributed by atoms with van der Waals surface area (Å²) in [7, 11) is 0. The lowest BCUT2D eigenvalue weighted by Gasteiger charge is -1.99. The van der Waals surface area contributed by atoms with E-state index in [9.17, 15) is 9.18 Å². The second-order valence-electron chi connectivity index (χ2n) is 5.14. The fraction of sp³-hybridized carbons (Fsp3) is 0.125. The summed E-state index contributed by atoms with van der Waals surface area (Å²) in [6.07, 6.45) is 1.45. The molecule has 0 aliphatic heterocycles. The zero-order chi connectivity index (χ0) is 17.3. The van der Waals surface area contributed by atoms with Crippen molar-refractivity contribution in [1.82, 2.24) is 9.38 Å². The second-order valence-corrected chi connectivity index (χ2v) is 5.54. The Labute approximate surface area is 141 Å². The van der Waals surface area contributed by atoms with Crippen LogP contribution in [-0.2, 0) is 11.2 Å². The Kier molecular flexibility index (Phi) is 4.26. The summed E-state index contributed by atoms with van der Waals surface area (Å²) in [6.45, 7) is 1.87. The number of carboxylic acids is 1. The van der Waals surface area contributed by atoms with Gasteiger partial charge in [-0.05, 0) is 36.8 Å². The Bertz CT molecular complexity index is 968. The van der Waals surface area contributed by atoms with Crippen LogP contribution in [0, 0.1) is 12.7 Å². The quantitative estimate of drug-likeness (QED) is 0.707. The Morgan fingerprint density at radius 3 is 2.88 bits per heavy atom. The molecule has 6 nitrogen and oxygen atoms in total. The molecule has 0 bridgehead atoms. The van der Waals surface area contributed by atoms with Crippen molar-refractivity contribution in [3.05, 3.63) is 58.6 Å². The normalized spacial score (nSPS) is 11.5. The molecule has 0 unspecified atom stereocenters. The van der Waals surface area contributed by atoms with Crippen molar-refractivity contribution in [3.63, 3.8) is 0 Å². The van der Waals surface area contributed by atoms with E-state index in [1.54, 1.807) is 10.6 Å². The van der Waals surface area contributed by atoms with E-state index in [2.05, 4.69) is 15.2 Å². The number of carboxylic acid groups (broad SMARTS) is 1. The average molecular weight is 347 g/mol. The van der Waals surface area contributed by atoms with Crippen molar-refractivity contribution >= 4 is 34.7 Å². The number of fused-ring (bicyclic) bond motifs is 1. The first kappa shape index (κ1) is 16.1. The van der Waals surface area contributed by atoms with E-state index in [1.165, 1.54) is 18.2 Å². The maximum Gasteiger partial charge on any atom is 0.309 e. The van der Waals surface area contributed by atoms with Gasteiger partial charge in [-0.25, -0.2) is 9.37 Å². The minimum absolute atomic E-state index is 0.0637. The van der Waals surface area contributed by atoms with Crippen molar-refractivity contribution in [2.45, 2.75) is 13.3 Å². The molecule has 24 heavy (non-hydrogen) atoms. The van der Waals surface area contributed by atoms with Gasteiger partial charge < -0.3 is 5.11 Å². The van der Waals surface area contributed by atoms with Crippen LogP contribution in [0.5, 0.6) is 0 Å². The highest BCUT2D eigenvalue weighted by Crippen LogP contribution is 2.27. The number of rotatable bonds is 4. The topological polar surface area (TPSA) is 79.3 Å². The number of hydrogen-bond donors (Lipinski definition) is 1. The maximum atomic E-state index is 13.2. The standard InChI is InChI=1S/C16H12ClFN4O2/c1-9-3-2-6-22-15(9)19-13(8-14(23)24)16(22)21-20-10-4-5-12(18)11(17)7-10/h2-7H,8H2,1H3,(H,23,24). The predicted octanol–water partition coefficient (Wildman–Crippen LogP) is 4.48. The van der Waals surface area contributed by atoms with Crippen molar-refractivity contribution in [1.29, 1.82) is 0 Å². The summed E-state index contributed by atoms with van der Waals surface area (Å²) in [5, 5.41) is 17.1. The van der Waals surface area contributed by atoms with Gasteiger partial charge in [0.15, 0.2) is 5.82 Å². The third kappa shape index (κ3) is 3.11. The minimum Gasteiger partial charge on any atom is -0.481 e. The van der Waals surface area contributed by atoms with Gasteiger partial charge in [0.2, 0.25) is 0 Å². The third-order valence-electron chi connectivity index (χ3n) is 3.37. The lowest BCUT2D eigenvalue weighted by molar-refractivity contribution is -0.136. The SMILES string of the molecule is Cc1cccn2c(N=Nc3ccc(F)c(Cl)c3)c(CC(=O)O)nc12. The van der Waals surface area contributed by atoms with Crippen LogP contribution < -0.4 is 0 Å². The third-order valence-corrected chi connectivity index (χ3v) is 3.66. The number of halogens is 2. The second kappa shape index (κ2) is 6.37. The van der Waals surface area contributed by atoms with Crippen LogP contribution in [0.15, 0.2) is 46.8 Å². The number of benzene rings is 1. The summed E-state index contributed by atoms with van der Waals surface area (Å²) >= 11 is 5.72. The Morgan fingerprint density at radius 1 is 1.38 bits per heavy atom. The van der Waals surface area contributed by atoms with E-state index in [1.807, 2.05) is 19.1 Å². The molecular formula is C16H12ClFN4O2. The molecule has 0 saturated carbocycles. The largest absolute Gasteiger partial charge is 0.481 e. The zero-order valence-corrected chi connectivity index (χ0v) is 13.3. The van der Waals surface area contributed by atoms with Gasteiger partial charge in [-0.1, -0.05) is 17.7 Å². The van der Waals surface area contributed by atoms with Gasteiger partial charge in [0.25, 0.3) is 0 Å². The molecule has 0 spiro atoms. The van der Waals surface area contributed by atoms with Crippen LogP contribution >= 0.6 is 11.6 Å². The Morgan fingerprint density at radius 2 is 2.17 bits per heavy atom. The lowest BCUT2D eigenvalue weighted by Crippen LogP contribution is -2.00. The van der Waals surface area contributed by atoms with Gasteiger partial charge in [-0.2, -0.15) is 0 Å². The number of aryl methyl sites for hydroxylation is 1. The van der Waals surface area contributed by atoms with E-state index in [4.69, 9.17) is 16.7 Å². The first-order chi connectivity index (χ1) is 11.5. The zero-order valence-electron chi connectivity index (χ0n) is 12.6. The van der Waals surface area contributed by atoms with Crippen LogP contribution in [0.1, 0.15) is 11.3 Å². The monoisotopic (exact) mass is 346 g/mol. The molecule has 0 aliphatic carbocycles. The fourth-order valence-corrected chi connectivity index (χ4v) is 2.43. The molecule has 3 rings (SSSR count). The smallest absolute Gasteiger partial charge is 0.309 e. The van der Waals surface area contributed by atoms with Crippen molar-refractivity contribution in [2.75, 3.05) is 0 Å². The minimum atomic E-state index is -1.02. The molecule has 0 atom stereocenters. The van der Waals surface area contributed by atoms with Gasteiger partial charge >= 0.3 is 5.97 Å². The molecule has 0 aliphatic rings. The van der Waals surface area contributed by atoms with E-state index >= 15 is 0 Å². The van der Waals surface area contributed by atoms with Crippen LogP contribution in [0.3, 0.4) is 0 Å². The molecule has 1 N–H and O–H groups in total. The molecule has 2 heterocycles. The van der Waals surface area contributed by atoms with Gasteiger partial charge in [-0.3, -0.25) is 9.20 Å². The maximum absolute atomic E-state index is 13.2. The van der Waals surface area contributed by atoms with Crippen LogP contribution in [0.4, 0.5) is 15.9 Å². The van der Waals surface area contributed by atoms with E-state index in [-0.39, 0.29) is 11.4 Å². The summed E-state index contributed by atoms with van der Waals surface area (Å²) in [5.74, 6) is -1.25. The summed E-state index contributed by atoms with van der Waals surface area (Å²) in [5.41, 5.74) is 2.15. The van der Waals surface area contributed by atoms with Crippen LogP contribution in [0.25, 0.3) is 5.65 Å². The summed E-state index contributed by atoms with van der Waals surface area (Å²) in [6, 6.07) is 7.63. The van der Waals surface area contributed by atoms with Gasteiger partial charge in [0, 0.05) is 6.20 Å². The fourth-order valence-electron chi connectivity index (χ4n) is 2.26. The number of aliphatic carboxylic acids is 1. The predicted molar refractivity (Wildman–Crippen MR) is 86.9 cm³/mol. The number of nitrogens with zero attached hydrogens (tertiary/aromatic N) is 4. The number of aromatic nitrogens is 2. The van der Waals surface area contributed by atoms with Crippen LogP contribution in [0.2, 0.25) is 5.02 Å². The van der Waals surface area contributed by atoms with E-state index in [0.29, 0.717) is 22.8 Å².